The highest BCUT2D eigenvalue weighted by atomic mass is 35.5. The van der Waals surface area contributed by atoms with Gasteiger partial charge in [-0.3, -0.25) is 4.79 Å². The molecule has 3 rings (SSSR count). The highest BCUT2D eigenvalue weighted by Gasteiger charge is 2.32. The molecule has 0 saturated heterocycles. The van der Waals surface area contributed by atoms with Gasteiger partial charge in [0.1, 0.15) is 6.04 Å². The van der Waals surface area contributed by atoms with Gasteiger partial charge >= 0.3 is 5.97 Å². The second-order valence-electron chi connectivity index (χ2n) is 6.18. The summed E-state index contributed by atoms with van der Waals surface area (Å²) < 4.78 is 0.312. The second-order valence-corrected chi connectivity index (χ2v) is 8.72. The maximum Gasteiger partial charge on any atom is 0.326 e. The fourth-order valence-electron chi connectivity index (χ4n) is 2.83. The Morgan fingerprint density at radius 3 is 2.41 bits per heavy atom. The van der Waals surface area contributed by atoms with E-state index in [9.17, 15) is 14.7 Å². The van der Waals surface area contributed by atoms with Gasteiger partial charge in [-0.1, -0.05) is 65.1 Å². The standard InChI is InChI=1S/C20H15Cl3N2O3S/c21-13-6-7-15(16(22)9-13)18(26)25(11-14-10-24-20(23)29-14)17(19(27)28)8-12-4-2-1-3-5-12/h1-7,9-10,17H,8,11H2,(H,27,28)/t17-/m0/s1. The molecule has 29 heavy (non-hydrogen) atoms. The molecular formula is C20H15Cl3N2O3S. The van der Waals surface area contributed by atoms with E-state index in [0.717, 1.165) is 5.56 Å². The van der Waals surface area contributed by atoms with Crippen molar-refractivity contribution in [1.82, 2.24) is 9.88 Å². The number of halogens is 3. The number of nitrogens with zero attached hydrogens (tertiary/aromatic N) is 2. The van der Waals surface area contributed by atoms with Gasteiger partial charge in [0, 0.05) is 22.5 Å². The van der Waals surface area contributed by atoms with Gasteiger partial charge in [0.2, 0.25) is 0 Å². The van der Waals surface area contributed by atoms with E-state index in [-0.39, 0.29) is 23.6 Å². The first-order valence-corrected chi connectivity index (χ1v) is 10.4. The molecule has 0 spiro atoms. The van der Waals surface area contributed by atoms with Gasteiger partial charge in [-0.25, -0.2) is 9.78 Å². The maximum atomic E-state index is 13.3. The van der Waals surface area contributed by atoms with E-state index in [1.54, 1.807) is 0 Å². The molecule has 2 aromatic carbocycles. The lowest BCUT2D eigenvalue weighted by Gasteiger charge is -2.29. The molecule has 0 fully saturated rings. The molecule has 1 heterocycles. The zero-order valence-corrected chi connectivity index (χ0v) is 18.0. The summed E-state index contributed by atoms with van der Waals surface area (Å²) in [6.07, 6.45) is 1.66. The zero-order valence-electron chi connectivity index (χ0n) is 14.9. The largest absolute Gasteiger partial charge is 0.480 e. The Labute approximate surface area is 186 Å². The van der Waals surface area contributed by atoms with Crippen molar-refractivity contribution in [3.05, 3.63) is 85.2 Å². The Kier molecular flexibility index (Phi) is 7.14. The van der Waals surface area contributed by atoms with Crippen molar-refractivity contribution >= 4 is 58.0 Å². The first-order chi connectivity index (χ1) is 13.8. The van der Waals surface area contributed by atoms with Gasteiger partial charge in [0.25, 0.3) is 5.91 Å². The fraction of sp³-hybridized carbons (Fsp3) is 0.150. The van der Waals surface area contributed by atoms with E-state index >= 15 is 0 Å². The van der Waals surface area contributed by atoms with E-state index in [2.05, 4.69) is 4.98 Å². The van der Waals surface area contributed by atoms with Crippen LogP contribution in [0, 0.1) is 0 Å². The summed E-state index contributed by atoms with van der Waals surface area (Å²) in [7, 11) is 0. The van der Waals surface area contributed by atoms with Crippen molar-refractivity contribution in [3.8, 4) is 0 Å². The summed E-state index contributed by atoms with van der Waals surface area (Å²) in [5.74, 6) is -1.64. The van der Waals surface area contributed by atoms with Crippen LogP contribution in [0.15, 0.2) is 54.7 Å². The molecular weight excluding hydrogens is 455 g/mol. The molecule has 1 N–H and O–H groups in total. The van der Waals surface area contributed by atoms with Crippen molar-refractivity contribution in [2.75, 3.05) is 0 Å². The number of rotatable bonds is 7. The Morgan fingerprint density at radius 2 is 1.83 bits per heavy atom. The molecule has 0 bridgehead atoms. The van der Waals surface area contributed by atoms with Crippen molar-refractivity contribution in [2.24, 2.45) is 0 Å². The van der Waals surface area contributed by atoms with Gasteiger partial charge in [-0.2, -0.15) is 0 Å². The molecule has 0 aliphatic heterocycles. The lowest BCUT2D eigenvalue weighted by Crippen LogP contribution is -2.46. The number of hydrogen-bond donors (Lipinski definition) is 1. The minimum atomic E-state index is -1.12. The Morgan fingerprint density at radius 1 is 1.10 bits per heavy atom. The third-order valence-corrected chi connectivity index (χ3v) is 5.85. The van der Waals surface area contributed by atoms with Crippen molar-refractivity contribution in [1.29, 1.82) is 0 Å². The molecule has 1 amide bonds. The van der Waals surface area contributed by atoms with Crippen LogP contribution in [-0.2, 0) is 17.8 Å². The van der Waals surface area contributed by atoms with Crippen LogP contribution < -0.4 is 0 Å². The molecule has 5 nitrogen and oxygen atoms in total. The number of aliphatic carboxylic acids is 1. The molecule has 0 saturated carbocycles. The third kappa shape index (κ3) is 5.48. The van der Waals surface area contributed by atoms with Crippen molar-refractivity contribution < 1.29 is 14.7 Å². The molecule has 0 aliphatic rings. The average Bonchev–Trinajstić information content (AvgIpc) is 3.09. The number of hydrogen-bond acceptors (Lipinski definition) is 4. The van der Waals surface area contributed by atoms with Crippen LogP contribution in [-0.4, -0.2) is 32.9 Å². The summed E-state index contributed by atoms with van der Waals surface area (Å²) >= 11 is 19.2. The van der Waals surface area contributed by atoms with E-state index in [0.29, 0.717) is 14.4 Å². The minimum Gasteiger partial charge on any atom is -0.480 e. The average molecular weight is 470 g/mol. The summed E-state index contributed by atoms with van der Waals surface area (Å²) in [5, 5.41) is 10.4. The third-order valence-electron chi connectivity index (χ3n) is 4.21. The summed E-state index contributed by atoms with van der Waals surface area (Å²) in [6, 6.07) is 12.5. The first kappa shape index (κ1) is 21.6. The fourth-order valence-corrected chi connectivity index (χ4v) is 4.30. The molecule has 3 aromatic rings. The Bertz CT molecular complexity index is 1030. The quantitative estimate of drug-likeness (QED) is 0.500. The molecule has 0 radical (unpaired) electrons. The van der Waals surface area contributed by atoms with Crippen LogP contribution in [0.25, 0.3) is 0 Å². The molecule has 9 heteroatoms. The lowest BCUT2D eigenvalue weighted by atomic mass is 10.0. The van der Waals surface area contributed by atoms with Crippen LogP contribution in [0.4, 0.5) is 0 Å². The van der Waals surface area contributed by atoms with E-state index in [1.165, 1.54) is 40.6 Å². The highest BCUT2D eigenvalue weighted by Crippen LogP contribution is 2.27. The van der Waals surface area contributed by atoms with Crippen molar-refractivity contribution in [3.63, 3.8) is 0 Å². The summed E-state index contributed by atoms with van der Waals surface area (Å²) in [4.78, 5) is 31.3. The topological polar surface area (TPSA) is 70.5 Å². The highest BCUT2D eigenvalue weighted by molar-refractivity contribution is 7.15. The minimum absolute atomic E-state index is 0.0337. The number of carbonyl (C=O) groups is 2. The maximum absolute atomic E-state index is 13.3. The Hall–Kier alpha value is -2.12. The van der Waals surface area contributed by atoms with Crippen LogP contribution in [0.1, 0.15) is 20.8 Å². The van der Waals surface area contributed by atoms with Gasteiger partial charge in [-0.15, -0.1) is 11.3 Å². The Balaban J connectivity index is 2.00. The molecule has 1 atom stereocenters. The normalized spacial score (nSPS) is 11.8. The van der Waals surface area contributed by atoms with Crippen LogP contribution in [0.2, 0.25) is 14.5 Å². The predicted molar refractivity (Wildman–Crippen MR) is 115 cm³/mol. The number of carbonyl (C=O) groups excluding carboxylic acids is 1. The van der Waals surface area contributed by atoms with Gasteiger partial charge in [0.15, 0.2) is 4.47 Å². The second kappa shape index (κ2) is 9.59. The van der Waals surface area contributed by atoms with E-state index < -0.39 is 17.9 Å². The van der Waals surface area contributed by atoms with E-state index in [1.807, 2.05) is 30.3 Å². The SMILES string of the molecule is O=C(O)[C@H](Cc1ccccc1)N(Cc1cnc(Cl)s1)C(=O)c1ccc(Cl)cc1Cl. The number of carboxylic acid groups (broad SMARTS) is 1. The zero-order chi connectivity index (χ0) is 21.0. The number of benzene rings is 2. The first-order valence-electron chi connectivity index (χ1n) is 8.48. The molecule has 150 valence electrons. The smallest absolute Gasteiger partial charge is 0.326 e. The number of thiazole rings is 1. The number of amides is 1. The molecule has 0 unspecified atom stereocenters. The number of carboxylic acids is 1. The van der Waals surface area contributed by atoms with Crippen LogP contribution in [0.5, 0.6) is 0 Å². The van der Waals surface area contributed by atoms with Crippen LogP contribution in [0.3, 0.4) is 0 Å². The molecule has 0 aliphatic carbocycles. The number of aromatic nitrogens is 1. The van der Waals surface area contributed by atoms with Gasteiger partial charge in [0.05, 0.1) is 17.1 Å². The predicted octanol–water partition coefficient (Wildman–Crippen LogP) is 5.44. The van der Waals surface area contributed by atoms with Gasteiger partial charge < -0.3 is 10.0 Å². The lowest BCUT2D eigenvalue weighted by molar-refractivity contribution is -0.142. The van der Waals surface area contributed by atoms with Crippen LogP contribution >= 0.6 is 46.1 Å². The van der Waals surface area contributed by atoms with Gasteiger partial charge in [-0.05, 0) is 23.8 Å². The van der Waals surface area contributed by atoms with E-state index in [4.69, 9.17) is 34.8 Å². The summed E-state index contributed by atoms with van der Waals surface area (Å²) in [5.41, 5.74) is 0.966. The monoisotopic (exact) mass is 468 g/mol. The summed E-state index contributed by atoms with van der Waals surface area (Å²) in [6.45, 7) is 0.0337. The molecule has 1 aromatic heterocycles. The van der Waals surface area contributed by atoms with Crippen molar-refractivity contribution in [2.45, 2.75) is 19.0 Å².